The van der Waals surface area contributed by atoms with Crippen LogP contribution in [0.2, 0.25) is 10.0 Å². The van der Waals surface area contributed by atoms with Crippen LogP contribution in [0.5, 0.6) is 0 Å². The molecule has 0 spiro atoms. The summed E-state index contributed by atoms with van der Waals surface area (Å²) in [4.78, 5) is 0.281. The SMILES string of the molecule is CC1CC(C)CN(S(=O)(=O)c2ccc(NC(=S)Nc3ccc(Cl)cc3Cl)cc2)C1. The van der Waals surface area contributed by atoms with E-state index in [0.29, 0.717) is 51.5 Å². The highest BCUT2D eigenvalue weighted by molar-refractivity contribution is 7.89. The minimum Gasteiger partial charge on any atom is -0.332 e. The first kappa shape index (κ1) is 22.3. The molecule has 2 atom stereocenters. The van der Waals surface area contributed by atoms with E-state index in [9.17, 15) is 8.42 Å². The Labute approximate surface area is 187 Å². The first-order valence-corrected chi connectivity index (χ1v) is 11.9. The minimum atomic E-state index is -3.50. The van der Waals surface area contributed by atoms with Gasteiger partial charge >= 0.3 is 0 Å². The lowest BCUT2D eigenvalue weighted by molar-refractivity contribution is 0.222. The number of sulfonamides is 1. The first-order valence-electron chi connectivity index (χ1n) is 9.28. The van der Waals surface area contributed by atoms with Gasteiger partial charge in [0.25, 0.3) is 0 Å². The van der Waals surface area contributed by atoms with E-state index in [2.05, 4.69) is 24.5 Å². The summed E-state index contributed by atoms with van der Waals surface area (Å²) in [5, 5.41) is 7.34. The molecule has 1 fully saturated rings. The quantitative estimate of drug-likeness (QED) is 0.578. The maximum atomic E-state index is 13.0. The van der Waals surface area contributed by atoms with E-state index in [1.807, 2.05) is 0 Å². The van der Waals surface area contributed by atoms with E-state index in [0.717, 1.165) is 6.42 Å². The van der Waals surface area contributed by atoms with Gasteiger partial charge in [0.05, 0.1) is 15.6 Å². The number of nitrogens with one attached hydrogen (secondary N) is 2. The van der Waals surface area contributed by atoms with Crippen LogP contribution in [0.4, 0.5) is 11.4 Å². The first-order chi connectivity index (χ1) is 13.6. The highest BCUT2D eigenvalue weighted by atomic mass is 35.5. The van der Waals surface area contributed by atoms with Crippen LogP contribution in [0, 0.1) is 11.8 Å². The zero-order valence-electron chi connectivity index (χ0n) is 16.2. The summed E-state index contributed by atoms with van der Waals surface area (Å²) in [5.74, 6) is 0.718. The largest absolute Gasteiger partial charge is 0.332 e. The molecule has 1 heterocycles. The maximum Gasteiger partial charge on any atom is 0.243 e. The fourth-order valence-corrected chi connectivity index (χ4v) is 5.90. The zero-order chi connectivity index (χ0) is 21.2. The Morgan fingerprint density at radius 2 is 1.66 bits per heavy atom. The van der Waals surface area contributed by atoms with Crippen LogP contribution < -0.4 is 10.6 Å². The van der Waals surface area contributed by atoms with Crippen molar-refractivity contribution in [2.24, 2.45) is 11.8 Å². The molecule has 9 heteroatoms. The fourth-order valence-electron chi connectivity index (χ4n) is 3.54. The van der Waals surface area contributed by atoms with Crippen molar-refractivity contribution in [1.82, 2.24) is 4.31 Å². The smallest absolute Gasteiger partial charge is 0.243 e. The second-order valence-corrected chi connectivity index (χ2v) is 10.7. The summed E-state index contributed by atoms with van der Waals surface area (Å²) < 4.78 is 27.5. The van der Waals surface area contributed by atoms with Crippen LogP contribution in [0.3, 0.4) is 0 Å². The maximum absolute atomic E-state index is 13.0. The van der Waals surface area contributed by atoms with Gasteiger partial charge in [-0.25, -0.2) is 8.42 Å². The van der Waals surface area contributed by atoms with Crippen LogP contribution in [-0.4, -0.2) is 30.9 Å². The van der Waals surface area contributed by atoms with Crippen LogP contribution in [-0.2, 0) is 10.0 Å². The highest BCUT2D eigenvalue weighted by Crippen LogP contribution is 2.28. The third kappa shape index (κ3) is 5.61. The predicted molar refractivity (Wildman–Crippen MR) is 124 cm³/mol. The van der Waals surface area contributed by atoms with E-state index in [4.69, 9.17) is 35.4 Å². The molecule has 0 amide bonds. The fraction of sp³-hybridized carbons (Fsp3) is 0.350. The Morgan fingerprint density at radius 3 is 2.24 bits per heavy atom. The van der Waals surface area contributed by atoms with Gasteiger partial charge in [0.15, 0.2) is 5.11 Å². The molecular weight excluding hydrogens is 449 g/mol. The standard InChI is InChI=1S/C20H23Cl2N3O2S2/c1-13-9-14(2)12-25(11-13)29(26,27)17-6-4-16(5-7-17)23-20(28)24-19-8-3-15(21)10-18(19)22/h3-8,10,13-14H,9,11-12H2,1-2H3,(H2,23,24,28). The highest BCUT2D eigenvalue weighted by Gasteiger charge is 2.31. The number of hydrogen-bond donors (Lipinski definition) is 2. The molecule has 29 heavy (non-hydrogen) atoms. The lowest BCUT2D eigenvalue weighted by atomic mass is 9.94. The number of benzene rings is 2. The Morgan fingerprint density at radius 1 is 1.03 bits per heavy atom. The van der Waals surface area contributed by atoms with E-state index in [-0.39, 0.29) is 4.90 Å². The number of nitrogens with zero attached hydrogens (tertiary/aromatic N) is 1. The molecule has 2 N–H and O–H groups in total. The van der Waals surface area contributed by atoms with Gasteiger partial charge in [-0.3, -0.25) is 0 Å². The van der Waals surface area contributed by atoms with Gasteiger partial charge in [0.2, 0.25) is 10.0 Å². The average Bonchev–Trinajstić information content (AvgIpc) is 2.64. The Kier molecular flexibility index (Phi) is 7.06. The second kappa shape index (κ2) is 9.18. The zero-order valence-corrected chi connectivity index (χ0v) is 19.3. The molecule has 2 aromatic carbocycles. The van der Waals surface area contributed by atoms with Crippen LogP contribution >= 0.6 is 35.4 Å². The number of anilines is 2. The Balaban J connectivity index is 1.67. The lowest BCUT2D eigenvalue weighted by Gasteiger charge is -2.34. The average molecular weight is 472 g/mol. The molecule has 0 aromatic heterocycles. The van der Waals surface area contributed by atoms with Crippen LogP contribution in [0.25, 0.3) is 0 Å². The van der Waals surface area contributed by atoms with Crippen molar-refractivity contribution in [3.63, 3.8) is 0 Å². The van der Waals surface area contributed by atoms with Crippen molar-refractivity contribution in [2.45, 2.75) is 25.2 Å². The van der Waals surface area contributed by atoms with Gasteiger partial charge in [-0.2, -0.15) is 4.31 Å². The Hall–Kier alpha value is -1.38. The molecule has 0 radical (unpaired) electrons. The van der Waals surface area contributed by atoms with Gasteiger partial charge in [0, 0.05) is 23.8 Å². The molecule has 0 bridgehead atoms. The van der Waals surface area contributed by atoms with Crippen LogP contribution in [0.15, 0.2) is 47.4 Å². The summed E-state index contributed by atoms with van der Waals surface area (Å²) in [5.41, 5.74) is 1.30. The van der Waals surface area contributed by atoms with E-state index in [1.165, 1.54) is 0 Å². The molecule has 5 nitrogen and oxygen atoms in total. The summed E-state index contributed by atoms with van der Waals surface area (Å²) in [6.07, 6.45) is 1.05. The van der Waals surface area contributed by atoms with E-state index >= 15 is 0 Å². The molecule has 2 unspecified atom stereocenters. The number of halogens is 2. The normalized spacial score (nSPS) is 20.3. The lowest BCUT2D eigenvalue weighted by Crippen LogP contribution is -2.42. The van der Waals surface area contributed by atoms with Gasteiger partial charge < -0.3 is 10.6 Å². The van der Waals surface area contributed by atoms with Gasteiger partial charge in [-0.15, -0.1) is 0 Å². The number of thiocarbonyl (C=S) groups is 1. The van der Waals surface area contributed by atoms with Gasteiger partial charge in [-0.05, 0) is 72.9 Å². The Bertz CT molecular complexity index is 987. The van der Waals surface area contributed by atoms with Crippen molar-refractivity contribution in [1.29, 1.82) is 0 Å². The second-order valence-electron chi connectivity index (χ2n) is 7.50. The molecule has 2 aromatic rings. The molecule has 1 saturated heterocycles. The molecule has 3 rings (SSSR count). The molecule has 156 valence electrons. The molecule has 0 saturated carbocycles. The van der Waals surface area contributed by atoms with Crippen LogP contribution in [0.1, 0.15) is 20.3 Å². The van der Waals surface area contributed by atoms with E-state index < -0.39 is 10.0 Å². The topological polar surface area (TPSA) is 61.4 Å². The summed E-state index contributed by atoms with van der Waals surface area (Å²) in [7, 11) is -3.50. The van der Waals surface area contributed by atoms with Crippen molar-refractivity contribution in [3.8, 4) is 0 Å². The third-order valence-corrected chi connectivity index (χ3v) is 7.36. The monoisotopic (exact) mass is 471 g/mol. The van der Waals surface area contributed by atoms with Gasteiger partial charge in [-0.1, -0.05) is 37.0 Å². The molecule has 0 aliphatic carbocycles. The van der Waals surface area contributed by atoms with Crippen molar-refractivity contribution in [3.05, 3.63) is 52.5 Å². The molecule has 1 aliphatic heterocycles. The van der Waals surface area contributed by atoms with Crippen molar-refractivity contribution >= 4 is 61.9 Å². The summed E-state index contributed by atoms with van der Waals surface area (Å²) >= 11 is 17.3. The number of piperidine rings is 1. The van der Waals surface area contributed by atoms with E-state index in [1.54, 1.807) is 46.8 Å². The molecular formula is C20H23Cl2N3O2S2. The molecule has 1 aliphatic rings. The van der Waals surface area contributed by atoms with Crippen molar-refractivity contribution in [2.75, 3.05) is 23.7 Å². The number of rotatable bonds is 4. The predicted octanol–water partition coefficient (Wildman–Crippen LogP) is 5.47. The van der Waals surface area contributed by atoms with Crippen molar-refractivity contribution < 1.29 is 8.42 Å². The third-order valence-electron chi connectivity index (χ3n) is 4.76. The number of hydrogen-bond acceptors (Lipinski definition) is 3. The summed E-state index contributed by atoms with van der Waals surface area (Å²) in [6.45, 7) is 5.29. The summed E-state index contributed by atoms with van der Waals surface area (Å²) in [6, 6.07) is 11.6. The van der Waals surface area contributed by atoms with Gasteiger partial charge in [0.1, 0.15) is 0 Å². The minimum absolute atomic E-state index is 0.281.